The number of fused-ring (bicyclic) bond motifs is 1. The lowest BCUT2D eigenvalue weighted by Gasteiger charge is -2.22. The van der Waals surface area contributed by atoms with E-state index in [1.54, 1.807) is 0 Å². The molecule has 0 radical (unpaired) electrons. The average molecular weight is 284 g/mol. The standard InChI is InChI=1S/C17H20N2S/c1-12-5-10-15-16(11-12)20-17(19(15)4)13-6-8-14(9-7-13)18(2)3/h5-11,17H,1-4H3. The topological polar surface area (TPSA) is 6.48 Å². The number of benzene rings is 2. The van der Waals surface area contributed by atoms with Gasteiger partial charge in [-0.05, 0) is 42.3 Å². The first-order valence-corrected chi connectivity index (χ1v) is 7.71. The number of nitrogens with zero attached hydrogens (tertiary/aromatic N) is 2. The zero-order valence-electron chi connectivity index (χ0n) is 12.4. The van der Waals surface area contributed by atoms with Crippen LogP contribution in [-0.4, -0.2) is 21.1 Å². The summed E-state index contributed by atoms with van der Waals surface area (Å²) in [6.45, 7) is 2.15. The Morgan fingerprint density at radius 3 is 2.40 bits per heavy atom. The summed E-state index contributed by atoms with van der Waals surface area (Å²) < 4.78 is 0. The van der Waals surface area contributed by atoms with Gasteiger partial charge >= 0.3 is 0 Å². The molecule has 0 fully saturated rings. The molecule has 1 aliphatic rings. The third kappa shape index (κ3) is 2.27. The van der Waals surface area contributed by atoms with Crippen molar-refractivity contribution in [2.75, 3.05) is 30.9 Å². The molecule has 1 atom stereocenters. The molecule has 20 heavy (non-hydrogen) atoms. The lowest BCUT2D eigenvalue weighted by atomic mass is 10.1. The molecule has 1 unspecified atom stereocenters. The minimum Gasteiger partial charge on any atom is -0.378 e. The zero-order chi connectivity index (χ0) is 14.3. The maximum Gasteiger partial charge on any atom is 0.105 e. The van der Waals surface area contributed by atoms with Gasteiger partial charge in [-0.25, -0.2) is 0 Å². The first-order valence-electron chi connectivity index (χ1n) is 6.83. The van der Waals surface area contributed by atoms with Crippen LogP contribution >= 0.6 is 11.8 Å². The summed E-state index contributed by atoms with van der Waals surface area (Å²) in [5.41, 5.74) is 5.26. The molecule has 0 saturated heterocycles. The van der Waals surface area contributed by atoms with Crippen molar-refractivity contribution in [3.05, 3.63) is 53.6 Å². The smallest absolute Gasteiger partial charge is 0.105 e. The maximum atomic E-state index is 2.37. The Morgan fingerprint density at radius 1 is 1.05 bits per heavy atom. The largest absolute Gasteiger partial charge is 0.378 e. The van der Waals surface area contributed by atoms with Crippen LogP contribution in [0.2, 0.25) is 0 Å². The third-order valence-electron chi connectivity index (χ3n) is 3.78. The zero-order valence-corrected chi connectivity index (χ0v) is 13.2. The van der Waals surface area contributed by atoms with Gasteiger partial charge in [0.05, 0.1) is 5.69 Å². The molecule has 1 heterocycles. The van der Waals surface area contributed by atoms with Gasteiger partial charge in [-0.15, -0.1) is 0 Å². The number of hydrogen-bond acceptors (Lipinski definition) is 3. The normalized spacial score (nSPS) is 17.2. The summed E-state index contributed by atoms with van der Waals surface area (Å²) in [7, 11) is 6.33. The minimum absolute atomic E-state index is 0.378. The van der Waals surface area contributed by atoms with Crippen molar-refractivity contribution in [1.29, 1.82) is 0 Å². The molecular weight excluding hydrogens is 264 g/mol. The van der Waals surface area contributed by atoms with Crippen LogP contribution in [0.25, 0.3) is 0 Å². The summed E-state index contributed by atoms with van der Waals surface area (Å²) in [6.07, 6.45) is 0. The second-order valence-electron chi connectivity index (χ2n) is 5.54. The number of hydrogen-bond donors (Lipinski definition) is 0. The molecule has 2 nitrogen and oxygen atoms in total. The lowest BCUT2D eigenvalue weighted by molar-refractivity contribution is 0.912. The Hall–Kier alpha value is -1.61. The van der Waals surface area contributed by atoms with Gasteiger partial charge in [-0.2, -0.15) is 0 Å². The molecule has 2 aromatic carbocycles. The van der Waals surface area contributed by atoms with E-state index >= 15 is 0 Å². The van der Waals surface area contributed by atoms with E-state index in [0.29, 0.717) is 5.37 Å². The molecule has 0 aliphatic carbocycles. The highest BCUT2D eigenvalue weighted by Gasteiger charge is 2.28. The Bertz CT molecular complexity index is 619. The summed E-state index contributed by atoms with van der Waals surface area (Å²) in [4.78, 5) is 5.88. The van der Waals surface area contributed by atoms with Gasteiger partial charge < -0.3 is 9.80 Å². The predicted molar refractivity (Wildman–Crippen MR) is 88.9 cm³/mol. The van der Waals surface area contributed by atoms with Crippen molar-refractivity contribution >= 4 is 23.1 Å². The maximum absolute atomic E-state index is 2.37. The SMILES string of the molecule is Cc1ccc2c(c1)SC(c1ccc(N(C)C)cc1)N2C. The van der Waals surface area contributed by atoms with E-state index in [0.717, 1.165) is 0 Å². The molecule has 2 aromatic rings. The second kappa shape index (κ2) is 5.06. The molecule has 0 saturated carbocycles. The lowest BCUT2D eigenvalue weighted by Crippen LogP contribution is -2.17. The molecule has 0 aromatic heterocycles. The molecule has 0 N–H and O–H groups in total. The highest BCUT2D eigenvalue weighted by atomic mass is 32.2. The number of thioether (sulfide) groups is 1. The molecule has 0 spiro atoms. The molecule has 3 rings (SSSR count). The molecule has 104 valence electrons. The fourth-order valence-electron chi connectivity index (χ4n) is 2.56. The van der Waals surface area contributed by atoms with Gasteiger partial charge in [0.2, 0.25) is 0 Å². The highest BCUT2D eigenvalue weighted by molar-refractivity contribution is 8.00. The van der Waals surface area contributed by atoms with Crippen LogP contribution in [0, 0.1) is 6.92 Å². The van der Waals surface area contributed by atoms with Crippen LogP contribution in [0.1, 0.15) is 16.5 Å². The van der Waals surface area contributed by atoms with Gasteiger partial charge in [0.15, 0.2) is 0 Å². The van der Waals surface area contributed by atoms with Crippen molar-refractivity contribution in [3.63, 3.8) is 0 Å². The van der Waals surface area contributed by atoms with E-state index < -0.39 is 0 Å². The van der Waals surface area contributed by atoms with Crippen molar-refractivity contribution in [1.82, 2.24) is 0 Å². The Balaban J connectivity index is 1.89. The van der Waals surface area contributed by atoms with E-state index in [1.165, 1.54) is 27.4 Å². The second-order valence-corrected chi connectivity index (χ2v) is 6.66. The van der Waals surface area contributed by atoms with Gasteiger partial charge in [0, 0.05) is 31.7 Å². The van der Waals surface area contributed by atoms with Crippen molar-refractivity contribution in [3.8, 4) is 0 Å². The minimum atomic E-state index is 0.378. The molecule has 3 heteroatoms. The Labute approximate surface area is 125 Å². The van der Waals surface area contributed by atoms with Crippen molar-refractivity contribution in [2.45, 2.75) is 17.2 Å². The van der Waals surface area contributed by atoms with E-state index in [1.807, 2.05) is 11.8 Å². The summed E-state index contributed by atoms with van der Waals surface area (Å²) in [6, 6.07) is 15.6. The monoisotopic (exact) mass is 284 g/mol. The van der Waals surface area contributed by atoms with Crippen LogP contribution in [0.5, 0.6) is 0 Å². The first-order chi connectivity index (χ1) is 9.56. The molecule has 1 aliphatic heterocycles. The van der Waals surface area contributed by atoms with Crippen molar-refractivity contribution in [2.24, 2.45) is 0 Å². The summed E-state index contributed by atoms with van der Waals surface area (Å²) >= 11 is 1.94. The molecular formula is C17H20N2S. The van der Waals surface area contributed by atoms with Crippen LogP contribution in [-0.2, 0) is 0 Å². The number of rotatable bonds is 2. The van der Waals surface area contributed by atoms with Crippen LogP contribution in [0.15, 0.2) is 47.4 Å². The molecule has 0 amide bonds. The van der Waals surface area contributed by atoms with E-state index in [4.69, 9.17) is 0 Å². The summed E-state index contributed by atoms with van der Waals surface area (Å²) in [5.74, 6) is 0. The van der Waals surface area contributed by atoms with Crippen molar-refractivity contribution < 1.29 is 0 Å². The van der Waals surface area contributed by atoms with Gasteiger partial charge in [-0.1, -0.05) is 30.0 Å². The van der Waals surface area contributed by atoms with E-state index in [9.17, 15) is 0 Å². The Morgan fingerprint density at radius 2 is 1.75 bits per heavy atom. The molecule has 0 bridgehead atoms. The quantitative estimate of drug-likeness (QED) is 0.811. The summed E-state index contributed by atoms with van der Waals surface area (Å²) in [5, 5.41) is 0.378. The van der Waals surface area contributed by atoms with Crippen LogP contribution in [0.4, 0.5) is 11.4 Å². The van der Waals surface area contributed by atoms with E-state index in [2.05, 4.69) is 80.3 Å². The number of aryl methyl sites for hydroxylation is 1. The van der Waals surface area contributed by atoms with Gasteiger partial charge in [-0.3, -0.25) is 0 Å². The highest BCUT2D eigenvalue weighted by Crippen LogP contribution is 2.50. The predicted octanol–water partition coefficient (Wildman–Crippen LogP) is 4.30. The fraction of sp³-hybridized carbons (Fsp3) is 0.294. The van der Waals surface area contributed by atoms with Gasteiger partial charge in [0.1, 0.15) is 5.37 Å². The fourth-order valence-corrected chi connectivity index (χ4v) is 3.95. The number of anilines is 2. The Kier molecular flexibility index (Phi) is 3.38. The average Bonchev–Trinajstić information content (AvgIpc) is 2.75. The van der Waals surface area contributed by atoms with Crippen LogP contribution < -0.4 is 9.80 Å². The first kappa shape index (κ1) is 13.4. The third-order valence-corrected chi connectivity index (χ3v) is 5.17. The van der Waals surface area contributed by atoms with E-state index in [-0.39, 0.29) is 0 Å². The van der Waals surface area contributed by atoms with Gasteiger partial charge in [0.25, 0.3) is 0 Å². The van der Waals surface area contributed by atoms with Crippen LogP contribution in [0.3, 0.4) is 0 Å².